The lowest BCUT2D eigenvalue weighted by Crippen LogP contribution is -2.42. The first kappa shape index (κ1) is 31.1. The second-order valence-corrected chi connectivity index (χ2v) is 11.1. The van der Waals surface area contributed by atoms with Crippen molar-refractivity contribution in [3.63, 3.8) is 0 Å². The van der Waals surface area contributed by atoms with Crippen LogP contribution >= 0.6 is 0 Å². The van der Waals surface area contributed by atoms with E-state index in [-0.39, 0.29) is 35.6 Å². The molecule has 224 valence electrons. The van der Waals surface area contributed by atoms with Crippen molar-refractivity contribution in [3.05, 3.63) is 95.2 Å². The standard InChI is InChI=1S/C30H25F3N2O7S/c1-2-3-13-42-23-8-10-24(11-9-23)43(40,41)34-26(29(38)39)16-21-18-35(27-12-7-20(28(36)37)15-25(21)27)17-19-5-4-6-22(14-19)30(31,32)33/h4-12,14-15,18,26,34H,13,16-17H2,1H3,(H,36,37)(H,38,39). The summed E-state index contributed by atoms with van der Waals surface area (Å²) in [6.07, 6.45) is -3.47. The van der Waals surface area contributed by atoms with E-state index in [1.54, 1.807) is 11.5 Å². The number of sulfonamides is 1. The van der Waals surface area contributed by atoms with Gasteiger partial charge in [0.05, 0.1) is 16.0 Å². The zero-order valence-corrected chi connectivity index (χ0v) is 23.4. The number of halogens is 3. The molecule has 0 aliphatic carbocycles. The monoisotopic (exact) mass is 614 g/mol. The maximum absolute atomic E-state index is 13.3. The van der Waals surface area contributed by atoms with Crippen LogP contribution in [0.1, 0.15) is 34.0 Å². The Morgan fingerprint density at radius 1 is 1.05 bits per heavy atom. The summed E-state index contributed by atoms with van der Waals surface area (Å²) >= 11 is 0. The van der Waals surface area contributed by atoms with Gasteiger partial charge in [0.1, 0.15) is 18.4 Å². The molecule has 0 saturated heterocycles. The summed E-state index contributed by atoms with van der Waals surface area (Å²) < 4.78 is 75.0. The van der Waals surface area contributed by atoms with E-state index in [1.165, 1.54) is 60.8 Å². The Bertz CT molecular complexity index is 1840. The molecular formula is C30H25F3N2O7S. The molecular weight excluding hydrogens is 589 g/mol. The number of carboxylic acids is 2. The lowest BCUT2D eigenvalue weighted by atomic mass is 10.0. The molecule has 1 heterocycles. The van der Waals surface area contributed by atoms with Gasteiger partial charge in [0.15, 0.2) is 0 Å². The molecule has 0 radical (unpaired) electrons. The van der Waals surface area contributed by atoms with E-state index < -0.39 is 39.7 Å². The maximum atomic E-state index is 13.3. The fourth-order valence-corrected chi connectivity index (χ4v) is 5.59. The van der Waals surface area contributed by atoms with Gasteiger partial charge in [0, 0.05) is 30.1 Å². The molecule has 0 fully saturated rings. The van der Waals surface area contributed by atoms with Crippen molar-refractivity contribution >= 4 is 32.9 Å². The molecule has 0 spiro atoms. The summed E-state index contributed by atoms with van der Waals surface area (Å²) in [6, 6.07) is 12.4. The minimum atomic E-state index is -4.56. The third kappa shape index (κ3) is 7.54. The van der Waals surface area contributed by atoms with Crippen molar-refractivity contribution in [2.75, 3.05) is 6.61 Å². The largest absolute Gasteiger partial charge is 0.481 e. The van der Waals surface area contributed by atoms with Crippen LogP contribution in [0.2, 0.25) is 0 Å². The molecule has 0 amide bonds. The quantitative estimate of drug-likeness (QED) is 0.207. The molecule has 1 atom stereocenters. The third-order valence-electron chi connectivity index (χ3n) is 6.46. The Labute approximate surface area is 244 Å². The summed E-state index contributed by atoms with van der Waals surface area (Å²) in [5.41, 5.74) is 0.0497. The number of ether oxygens (including phenoxy) is 1. The molecule has 3 aromatic carbocycles. The molecule has 43 heavy (non-hydrogen) atoms. The predicted octanol–water partition coefficient (Wildman–Crippen LogP) is 4.78. The molecule has 0 bridgehead atoms. The molecule has 1 aromatic heterocycles. The minimum absolute atomic E-state index is 0.0471. The highest BCUT2D eigenvalue weighted by Crippen LogP contribution is 2.31. The lowest BCUT2D eigenvalue weighted by molar-refractivity contribution is -0.139. The fourth-order valence-electron chi connectivity index (χ4n) is 4.40. The number of hydrogen-bond donors (Lipinski definition) is 3. The predicted molar refractivity (Wildman–Crippen MR) is 150 cm³/mol. The summed E-state index contributed by atoms with van der Waals surface area (Å²) in [7, 11) is -4.32. The van der Waals surface area contributed by atoms with E-state index in [0.29, 0.717) is 22.2 Å². The number of aromatic nitrogens is 1. The topological polar surface area (TPSA) is 135 Å². The van der Waals surface area contributed by atoms with Gasteiger partial charge in [-0.25, -0.2) is 13.2 Å². The van der Waals surface area contributed by atoms with Crippen LogP contribution in [0, 0.1) is 11.8 Å². The average molecular weight is 615 g/mol. The highest BCUT2D eigenvalue weighted by molar-refractivity contribution is 7.89. The van der Waals surface area contributed by atoms with Crippen molar-refractivity contribution in [1.82, 2.24) is 9.29 Å². The van der Waals surface area contributed by atoms with Gasteiger partial charge in [0.2, 0.25) is 10.0 Å². The van der Waals surface area contributed by atoms with Gasteiger partial charge >= 0.3 is 18.1 Å². The number of alkyl halides is 3. The number of rotatable bonds is 11. The van der Waals surface area contributed by atoms with Crippen LogP contribution in [-0.2, 0) is 34.0 Å². The SMILES string of the molecule is CC#CCOc1ccc(S(=O)(=O)NC(Cc2cn(Cc3cccc(C(F)(F)F)c3)c3ccc(C(=O)O)cc23)C(=O)O)cc1. The second-order valence-electron chi connectivity index (χ2n) is 9.42. The summed E-state index contributed by atoms with van der Waals surface area (Å²) in [5, 5.41) is 19.7. The van der Waals surface area contributed by atoms with Gasteiger partial charge in [-0.1, -0.05) is 18.1 Å². The molecule has 1 unspecified atom stereocenters. The number of aromatic carboxylic acids is 1. The Balaban J connectivity index is 1.66. The Morgan fingerprint density at radius 2 is 1.77 bits per heavy atom. The van der Waals surface area contributed by atoms with Crippen molar-refractivity contribution < 1.29 is 46.1 Å². The van der Waals surface area contributed by atoms with Crippen molar-refractivity contribution in [3.8, 4) is 17.6 Å². The van der Waals surface area contributed by atoms with Crippen LogP contribution in [0.15, 0.2) is 77.8 Å². The van der Waals surface area contributed by atoms with Crippen LogP contribution in [0.25, 0.3) is 10.9 Å². The first-order chi connectivity index (χ1) is 20.3. The molecule has 13 heteroatoms. The van der Waals surface area contributed by atoms with Crippen molar-refractivity contribution in [2.24, 2.45) is 0 Å². The smallest absolute Gasteiger partial charge is 0.416 e. The van der Waals surface area contributed by atoms with Gasteiger partial charge in [-0.3, -0.25) is 4.79 Å². The third-order valence-corrected chi connectivity index (χ3v) is 7.95. The average Bonchev–Trinajstić information content (AvgIpc) is 3.28. The molecule has 4 aromatic rings. The number of hydrogen-bond acceptors (Lipinski definition) is 5. The van der Waals surface area contributed by atoms with Gasteiger partial charge in [0.25, 0.3) is 0 Å². The number of aliphatic carboxylic acids is 1. The van der Waals surface area contributed by atoms with Gasteiger partial charge in [-0.05, 0) is 72.6 Å². The first-order valence-corrected chi connectivity index (χ1v) is 14.2. The van der Waals surface area contributed by atoms with E-state index >= 15 is 0 Å². The van der Waals surface area contributed by atoms with E-state index in [4.69, 9.17) is 4.74 Å². The highest BCUT2D eigenvalue weighted by atomic mass is 32.2. The van der Waals surface area contributed by atoms with Crippen LogP contribution in [-0.4, -0.2) is 47.8 Å². The van der Waals surface area contributed by atoms with Gasteiger partial charge in [-0.15, -0.1) is 5.92 Å². The van der Waals surface area contributed by atoms with E-state index in [1.807, 2.05) is 0 Å². The minimum Gasteiger partial charge on any atom is -0.481 e. The maximum Gasteiger partial charge on any atom is 0.416 e. The molecule has 9 nitrogen and oxygen atoms in total. The number of nitrogens with one attached hydrogen (secondary N) is 1. The van der Waals surface area contributed by atoms with Crippen LogP contribution in [0.4, 0.5) is 13.2 Å². The Morgan fingerprint density at radius 3 is 2.40 bits per heavy atom. The number of carboxylic acid groups (broad SMARTS) is 2. The zero-order valence-electron chi connectivity index (χ0n) is 22.6. The summed E-state index contributed by atoms with van der Waals surface area (Å²) in [4.78, 5) is 23.6. The lowest BCUT2D eigenvalue weighted by Gasteiger charge is -2.15. The first-order valence-electron chi connectivity index (χ1n) is 12.7. The Kier molecular flexibility index (Phi) is 9.13. The fraction of sp³-hybridized carbons (Fsp3) is 0.200. The molecule has 0 saturated carbocycles. The Hall–Kier alpha value is -4.80. The normalized spacial score (nSPS) is 12.4. The van der Waals surface area contributed by atoms with Gasteiger partial charge < -0.3 is 19.5 Å². The molecule has 0 aliphatic rings. The van der Waals surface area contributed by atoms with E-state index in [2.05, 4.69) is 16.6 Å². The van der Waals surface area contributed by atoms with Crippen LogP contribution < -0.4 is 9.46 Å². The second kappa shape index (κ2) is 12.6. The van der Waals surface area contributed by atoms with E-state index in [0.717, 1.165) is 12.1 Å². The van der Waals surface area contributed by atoms with Gasteiger partial charge in [-0.2, -0.15) is 17.9 Å². The van der Waals surface area contributed by atoms with Crippen molar-refractivity contribution in [2.45, 2.75) is 37.0 Å². The number of nitrogens with zero attached hydrogens (tertiary/aromatic N) is 1. The van der Waals surface area contributed by atoms with Crippen LogP contribution in [0.5, 0.6) is 5.75 Å². The highest BCUT2D eigenvalue weighted by Gasteiger charge is 2.31. The van der Waals surface area contributed by atoms with Crippen LogP contribution in [0.3, 0.4) is 0 Å². The molecule has 0 aliphatic heterocycles. The summed E-state index contributed by atoms with van der Waals surface area (Å²) in [6.45, 7) is 1.70. The number of carbonyl (C=O) groups is 2. The molecule has 4 rings (SSSR count). The molecule has 3 N–H and O–H groups in total. The zero-order chi connectivity index (χ0) is 31.4. The number of fused-ring (bicyclic) bond motifs is 1. The summed E-state index contributed by atoms with van der Waals surface area (Å²) in [5.74, 6) is 2.98. The van der Waals surface area contributed by atoms with E-state index in [9.17, 15) is 41.4 Å². The number of benzene rings is 3. The van der Waals surface area contributed by atoms with Crippen molar-refractivity contribution in [1.29, 1.82) is 0 Å².